The predicted molar refractivity (Wildman–Crippen MR) is 73.1 cm³/mol. The summed E-state index contributed by atoms with van der Waals surface area (Å²) in [4.78, 5) is 12.0. The van der Waals surface area contributed by atoms with Crippen molar-refractivity contribution < 1.29 is 9.32 Å². The summed E-state index contributed by atoms with van der Waals surface area (Å²) < 4.78 is 6.44. The number of hydrogen-bond acceptors (Lipinski definition) is 6. The van der Waals surface area contributed by atoms with Crippen molar-refractivity contribution in [2.24, 2.45) is 0 Å². The molecule has 0 aliphatic heterocycles. The summed E-state index contributed by atoms with van der Waals surface area (Å²) in [5.41, 5.74) is 2.68. The van der Waals surface area contributed by atoms with Gasteiger partial charge in [0.2, 0.25) is 0 Å². The van der Waals surface area contributed by atoms with Crippen LogP contribution in [0.2, 0.25) is 0 Å². The number of nitrogens with zero attached hydrogens (tertiary/aromatic N) is 5. The van der Waals surface area contributed by atoms with Crippen molar-refractivity contribution >= 4 is 11.6 Å². The molecule has 0 saturated carbocycles. The van der Waals surface area contributed by atoms with Crippen LogP contribution in [0.5, 0.6) is 0 Å². The molecule has 8 heteroatoms. The van der Waals surface area contributed by atoms with Gasteiger partial charge in [0, 0.05) is 11.8 Å². The Morgan fingerprint density at radius 3 is 2.76 bits per heavy atom. The number of anilines is 1. The minimum absolute atomic E-state index is 0.245. The van der Waals surface area contributed by atoms with Crippen molar-refractivity contribution in [1.82, 2.24) is 25.4 Å². The SMILES string of the molecule is Cc1cc(C(=O)Nc2ccc(-n3cnnn3)c(C)c2)no1. The van der Waals surface area contributed by atoms with Crippen molar-refractivity contribution in [2.75, 3.05) is 5.32 Å². The summed E-state index contributed by atoms with van der Waals surface area (Å²) in [7, 11) is 0. The topological polar surface area (TPSA) is 98.7 Å². The fraction of sp³-hybridized carbons (Fsp3) is 0.154. The monoisotopic (exact) mass is 284 g/mol. The molecule has 0 bridgehead atoms. The molecule has 0 unspecified atom stereocenters. The van der Waals surface area contributed by atoms with E-state index in [1.807, 2.05) is 19.1 Å². The first-order valence-corrected chi connectivity index (χ1v) is 6.22. The highest BCUT2D eigenvalue weighted by molar-refractivity contribution is 6.02. The Bertz CT molecular complexity index is 778. The van der Waals surface area contributed by atoms with Crippen molar-refractivity contribution in [3.8, 4) is 5.69 Å². The van der Waals surface area contributed by atoms with Gasteiger partial charge in [-0.2, -0.15) is 0 Å². The molecule has 0 fully saturated rings. The molecule has 2 aromatic heterocycles. The fourth-order valence-corrected chi connectivity index (χ4v) is 1.93. The third-order valence-corrected chi connectivity index (χ3v) is 2.91. The van der Waals surface area contributed by atoms with E-state index in [9.17, 15) is 4.79 Å². The third kappa shape index (κ3) is 2.64. The largest absolute Gasteiger partial charge is 0.361 e. The molecule has 3 rings (SSSR count). The minimum Gasteiger partial charge on any atom is -0.361 e. The Balaban J connectivity index is 1.81. The van der Waals surface area contributed by atoms with Crippen LogP contribution in [0.3, 0.4) is 0 Å². The molecule has 0 aliphatic rings. The van der Waals surface area contributed by atoms with Crippen LogP contribution in [0, 0.1) is 13.8 Å². The Kier molecular flexibility index (Phi) is 3.19. The van der Waals surface area contributed by atoms with E-state index in [0.717, 1.165) is 11.3 Å². The van der Waals surface area contributed by atoms with Gasteiger partial charge in [-0.1, -0.05) is 5.16 Å². The second-order valence-electron chi connectivity index (χ2n) is 4.53. The van der Waals surface area contributed by atoms with Gasteiger partial charge >= 0.3 is 0 Å². The summed E-state index contributed by atoms with van der Waals surface area (Å²) in [6, 6.07) is 7.02. The van der Waals surface area contributed by atoms with Crippen LogP contribution in [-0.4, -0.2) is 31.3 Å². The second-order valence-corrected chi connectivity index (χ2v) is 4.53. The minimum atomic E-state index is -0.318. The maximum atomic E-state index is 12.0. The number of aromatic nitrogens is 5. The van der Waals surface area contributed by atoms with Crippen molar-refractivity contribution in [1.29, 1.82) is 0 Å². The Hall–Kier alpha value is -3.03. The average molecular weight is 284 g/mol. The van der Waals surface area contributed by atoms with Gasteiger partial charge in [0.1, 0.15) is 12.1 Å². The maximum absolute atomic E-state index is 12.0. The first kappa shape index (κ1) is 13.0. The molecule has 0 spiro atoms. The normalized spacial score (nSPS) is 10.6. The molecule has 106 valence electrons. The van der Waals surface area contributed by atoms with E-state index in [4.69, 9.17) is 4.52 Å². The van der Waals surface area contributed by atoms with E-state index in [1.165, 1.54) is 6.33 Å². The van der Waals surface area contributed by atoms with Gasteiger partial charge in [0.15, 0.2) is 5.69 Å². The molecule has 8 nitrogen and oxygen atoms in total. The number of rotatable bonds is 3. The van der Waals surface area contributed by atoms with Gasteiger partial charge < -0.3 is 9.84 Å². The number of benzene rings is 1. The highest BCUT2D eigenvalue weighted by Crippen LogP contribution is 2.18. The van der Waals surface area contributed by atoms with Crippen molar-refractivity contribution in [2.45, 2.75) is 13.8 Å². The van der Waals surface area contributed by atoms with Crippen LogP contribution in [0.1, 0.15) is 21.8 Å². The lowest BCUT2D eigenvalue weighted by atomic mass is 10.1. The van der Waals surface area contributed by atoms with E-state index in [2.05, 4.69) is 26.0 Å². The number of nitrogens with one attached hydrogen (secondary N) is 1. The van der Waals surface area contributed by atoms with Crippen LogP contribution < -0.4 is 5.32 Å². The molecular weight excluding hydrogens is 272 g/mol. The van der Waals surface area contributed by atoms with E-state index < -0.39 is 0 Å². The molecule has 1 amide bonds. The molecule has 0 aliphatic carbocycles. The van der Waals surface area contributed by atoms with E-state index in [1.54, 1.807) is 23.7 Å². The molecule has 0 saturated heterocycles. The maximum Gasteiger partial charge on any atom is 0.277 e. The molecular formula is C13H12N6O2. The van der Waals surface area contributed by atoms with Crippen LogP contribution in [-0.2, 0) is 0 Å². The molecule has 21 heavy (non-hydrogen) atoms. The summed E-state index contributed by atoms with van der Waals surface area (Å²) in [5, 5.41) is 17.5. The second kappa shape index (κ2) is 5.16. The van der Waals surface area contributed by atoms with Crippen LogP contribution in [0.25, 0.3) is 5.69 Å². The third-order valence-electron chi connectivity index (χ3n) is 2.91. The zero-order valence-electron chi connectivity index (χ0n) is 11.4. The number of hydrogen-bond donors (Lipinski definition) is 1. The van der Waals surface area contributed by atoms with E-state index in [0.29, 0.717) is 11.4 Å². The lowest BCUT2D eigenvalue weighted by Gasteiger charge is -2.08. The summed E-state index contributed by atoms with van der Waals surface area (Å²) in [6.07, 6.45) is 1.51. The van der Waals surface area contributed by atoms with Crippen LogP contribution in [0.15, 0.2) is 35.1 Å². The lowest BCUT2D eigenvalue weighted by molar-refractivity contribution is 0.101. The van der Waals surface area contributed by atoms with Gasteiger partial charge in [0.05, 0.1) is 5.69 Å². The molecule has 0 radical (unpaired) electrons. The molecule has 0 atom stereocenters. The number of carbonyl (C=O) groups excluding carboxylic acids is 1. The number of amides is 1. The van der Waals surface area contributed by atoms with Crippen LogP contribution in [0.4, 0.5) is 5.69 Å². The van der Waals surface area contributed by atoms with E-state index >= 15 is 0 Å². The lowest BCUT2D eigenvalue weighted by Crippen LogP contribution is -2.12. The Labute approximate surface area is 119 Å². The van der Waals surface area contributed by atoms with Gasteiger partial charge in [-0.05, 0) is 48.0 Å². The predicted octanol–water partition coefficient (Wildman–Crippen LogP) is 1.52. The first-order valence-electron chi connectivity index (χ1n) is 6.22. The quantitative estimate of drug-likeness (QED) is 0.782. The van der Waals surface area contributed by atoms with Gasteiger partial charge in [0.25, 0.3) is 5.91 Å². The molecule has 2 heterocycles. The van der Waals surface area contributed by atoms with Gasteiger partial charge in [-0.25, -0.2) is 4.68 Å². The number of tetrazole rings is 1. The number of aryl methyl sites for hydroxylation is 2. The molecule has 1 aromatic carbocycles. The average Bonchev–Trinajstić information content (AvgIpc) is 3.10. The summed E-state index contributed by atoms with van der Waals surface area (Å²) in [6.45, 7) is 3.64. The molecule has 3 aromatic rings. The fourth-order valence-electron chi connectivity index (χ4n) is 1.93. The summed E-state index contributed by atoms with van der Waals surface area (Å²) in [5.74, 6) is 0.270. The Morgan fingerprint density at radius 2 is 2.14 bits per heavy atom. The highest BCUT2D eigenvalue weighted by atomic mass is 16.5. The van der Waals surface area contributed by atoms with Crippen molar-refractivity contribution in [3.05, 3.63) is 47.6 Å². The van der Waals surface area contributed by atoms with Crippen LogP contribution >= 0.6 is 0 Å². The smallest absolute Gasteiger partial charge is 0.277 e. The van der Waals surface area contributed by atoms with E-state index in [-0.39, 0.29) is 11.6 Å². The number of carbonyl (C=O) groups is 1. The highest BCUT2D eigenvalue weighted by Gasteiger charge is 2.12. The molecule has 1 N–H and O–H groups in total. The standard InChI is InChI=1S/C13H12N6O2/c1-8-5-10(3-4-12(8)19-7-14-17-18-19)15-13(20)11-6-9(2)21-16-11/h3-7H,1-2H3,(H,15,20). The zero-order chi connectivity index (χ0) is 14.8. The van der Waals surface area contributed by atoms with Gasteiger partial charge in [-0.15, -0.1) is 5.10 Å². The van der Waals surface area contributed by atoms with Gasteiger partial charge in [-0.3, -0.25) is 4.79 Å². The summed E-state index contributed by atoms with van der Waals surface area (Å²) >= 11 is 0. The first-order chi connectivity index (χ1) is 10.1. The zero-order valence-corrected chi connectivity index (χ0v) is 11.4. The van der Waals surface area contributed by atoms with Crippen molar-refractivity contribution in [3.63, 3.8) is 0 Å². The Morgan fingerprint density at radius 1 is 1.29 bits per heavy atom.